The van der Waals surface area contributed by atoms with Crippen molar-refractivity contribution in [1.29, 1.82) is 0 Å². The Hall–Kier alpha value is -1.85. The minimum absolute atomic E-state index is 0.0764. The van der Waals surface area contributed by atoms with Crippen molar-refractivity contribution in [2.24, 2.45) is 5.92 Å². The van der Waals surface area contributed by atoms with Gasteiger partial charge in [-0.3, -0.25) is 14.3 Å². The van der Waals surface area contributed by atoms with Crippen LogP contribution in [-0.4, -0.2) is 44.8 Å². The van der Waals surface area contributed by atoms with Gasteiger partial charge in [-0.05, 0) is 12.5 Å². The Bertz CT molecular complexity index is 388. The second-order valence-corrected chi connectivity index (χ2v) is 3.87. The number of carboxylic acid groups (broad SMARTS) is 1. The van der Waals surface area contributed by atoms with E-state index in [2.05, 4.69) is 5.10 Å². The van der Waals surface area contributed by atoms with Crippen LogP contribution in [-0.2, 0) is 16.1 Å². The molecule has 16 heavy (non-hydrogen) atoms. The summed E-state index contributed by atoms with van der Waals surface area (Å²) in [6.45, 7) is 1.02. The molecule has 0 aliphatic carbocycles. The predicted molar refractivity (Wildman–Crippen MR) is 54.5 cm³/mol. The van der Waals surface area contributed by atoms with Gasteiger partial charge < -0.3 is 10.0 Å². The number of carbonyl (C=O) groups is 2. The summed E-state index contributed by atoms with van der Waals surface area (Å²) in [6.07, 6.45) is 3.86. The van der Waals surface area contributed by atoms with Crippen LogP contribution in [0.3, 0.4) is 0 Å². The lowest BCUT2D eigenvalue weighted by molar-refractivity contribution is -0.141. The molecule has 1 atom stereocenters. The topological polar surface area (TPSA) is 75.4 Å². The summed E-state index contributed by atoms with van der Waals surface area (Å²) >= 11 is 0. The Morgan fingerprint density at radius 2 is 2.31 bits per heavy atom. The van der Waals surface area contributed by atoms with Crippen LogP contribution in [0.2, 0.25) is 0 Å². The standard InChI is InChI=1S/C10H13N3O3/c14-9(7-13-4-1-3-11-13)12-5-2-8(6-12)10(15)16/h1,3-4,8H,2,5-7H2,(H,15,16). The maximum atomic E-state index is 11.8. The minimum atomic E-state index is -0.825. The molecule has 6 heteroatoms. The quantitative estimate of drug-likeness (QED) is 0.771. The van der Waals surface area contributed by atoms with Crippen LogP contribution >= 0.6 is 0 Å². The summed E-state index contributed by atoms with van der Waals surface area (Å²) in [5.74, 6) is -1.32. The zero-order valence-electron chi connectivity index (χ0n) is 8.74. The van der Waals surface area contributed by atoms with Gasteiger partial charge in [-0.2, -0.15) is 5.10 Å². The van der Waals surface area contributed by atoms with Crippen molar-refractivity contribution in [2.75, 3.05) is 13.1 Å². The zero-order chi connectivity index (χ0) is 11.5. The molecule has 1 aliphatic heterocycles. The lowest BCUT2D eigenvalue weighted by atomic mass is 10.1. The van der Waals surface area contributed by atoms with Gasteiger partial charge >= 0.3 is 5.97 Å². The largest absolute Gasteiger partial charge is 0.481 e. The average Bonchev–Trinajstić information content (AvgIpc) is 2.86. The van der Waals surface area contributed by atoms with Crippen molar-refractivity contribution in [3.05, 3.63) is 18.5 Å². The van der Waals surface area contributed by atoms with E-state index < -0.39 is 11.9 Å². The number of carbonyl (C=O) groups excluding carboxylic acids is 1. The Balaban J connectivity index is 1.90. The Morgan fingerprint density at radius 1 is 1.50 bits per heavy atom. The van der Waals surface area contributed by atoms with E-state index >= 15 is 0 Å². The van der Waals surface area contributed by atoms with Gasteiger partial charge in [0.15, 0.2) is 0 Å². The molecule has 2 heterocycles. The minimum Gasteiger partial charge on any atom is -0.481 e. The molecule has 0 saturated carbocycles. The van der Waals surface area contributed by atoms with Gasteiger partial charge in [0.2, 0.25) is 5.91 Å². The molecule has 1 saturated heterocycles. The molecule has 0 radical (unpaired) electrons. The maximum absolute atomic E-state index is 11.8. The first kappa shape index (κ1) is 10.7. The normalized spacial score (nSPS) is 20.0. The molecule has 1 fully saturated rings. The van der Waals surface area contributed by atoms with Crippen molar-refractivity contribution in [2.45, 2.75) is 13.0 Å². The van der Waals surface area contributed by atoms with Gasteiger partial charge in [0.05, 0.1) is 5.92 Å². The van der Waals surface area contributed by atoms with Crippen molar-refractivity contribution in [3.63, 3.8) is 0 Å². The number of aliphatic carboxylic acids is 1. The number of rotatable bonds is 3. The van der Waals surface area contributed by atoms with E-state index in [4.69, 9.17) is 5.11 Å². The van der Waals surface area contributed by atoms with Gasteiger partial charge in [0, 0.05) is 25.5 Å². The van der Waals surface area contributed by atoms with Gasteiger partial charge in [0.25, 0.3) is 0 Å². The zero-order valence-corrected chi connectivity index (χ0v) is 8.74. The summed E-state index contributed by atoms with van der Waals surface area (Å²) < 4.78 is 1.54. The van der Waals surface area contributed by atoms with E-state index in [9.17, 15) is 9.59 Å². The van der Waals surface area contributed by atoms with Gasteiger partial charge in [-0.15, -0.1) is 0 Å². The fraction of sp³-hybridized carbons (Fsp3) is 0.500. The van der Waals surface area contributed by atoms with E-state index in [1.54, 1.807) is 23.4 Å². The van der Waals surface area contributed by atoms with E-state index in [0.717, 1.165) is 0 Å². The van der Waals surface area contributed by atoms with Crippen LogP contribution < -0.4 is 0 Å². The smallest absolute Gasteiger partial charge is 0.308 e. The lowest BCUT2D eigenvalue weighted by Gasteiger charge is -2.15. The Labute approximate surface area is 92.5 Å². The SMILES string of the molecule is O=C(O)C1CCN(C(=O)Cn2cccn2)C1. The molecule has 6 nitrogen and oxygen atoms in total. The molecular formula is C10H13N3O3. The number of amides is 1. The third kappa shape index (κ3) is 2.21. The summed E-state index contributed by atoms with van der Waals surface area (Å²) in [5.41, 5.74) is 0. The van der Waals surface area contributed by atoms with E-state index in [-0.39, 0.29) is 12.5 Å². The van der Waals surface area contributed by atoms with Gasteiger partial charge in [-0.25, -0.2) is 0 Å². The van der Waals surface area contributed by atoms with Gasteiger partial charge in [-0.1, -0.05) is 0 Å². The highest BCUT2D eigenvalue weighted by Crippen LogP contribution is 2.16. The Morgan fingerprint density at radius 3 is 2.88 bits per heavy atom. The van der Waals surface area contributed by atoms with Crippen LogP contribution in [0, 0.1) is 5.92 Å². The van der Waals surface area contributed by atoms with E-state index in [1.807, 2.05) is 0 Å². The molecule has 1 aliphatic rings. The van der Waals surface area contributed by atoms with Crippen LogP contribution in [0.5, 0.6) is 0 Å². The third-order valence-electron chi connectivity index (χ3n) is 2.75. The molecule has 1 N–H and O–H groups in total. The number of nitrogens with zero attached hydrogens (tertiary/aromatic N) is 3. The maximum Gasteiger partial charge on any atom is 0.308 e. The first-order valence-corrected chi connectivity index (χ1v) is 5.15. The van der Waals surface area contributed by atoms with Crippen LogP contribution in [0.1, 0.15) is 6.42 Å². The third-order valence-corrected chi connectivity index (χ3v) is 2.75. The van der Waals surface area contributed by atoms with Crippen LogP contribution in [0.15, 0.2) is 18.5 Å². The highest BCUT2D eigenvalue weighted by Gasteiger charge is 2.30. The average molecular weight is 223 g/mol. The van der Waals surface area contributed by atoms with Crippen molar-refractivity contribution >= 4 is 11.9 Å². The molecule has 0 aromatic carbocycles. The summed E-state index contributed by atoms with van der Waals surface area (Å²) in [7, 11) is 0. The van der Waals surface area contributed by atoms with E-state index in [0.29, 0.717) is 19.5 Å². The first-order chi connectivity index (χ1) is 7.66. The van der Waals surface area contributed by atoms with E-state index in [1.165, 1.54) is 4.68 Å². The predicted octanol–water partition coefficient (Wildman–Crippen LogP) is -0.184. The highest BCUT2D eigenvalue weighted by molar-refractivity contribution is 5.78. The molecule has 1 aromatic rings. The molecule has 1 aromatic heterocycles. The monoisotopic (exact) mass is 223 g/mol. The molecule has 0 bridgehead atoms. The summed E-state index contributed by atoms with van der Waals surface area (Å²) in [5, 5.41) is 12.7. The van der Waals surface area contributed by atoms with Crippen molar-refractivity contribution < 1.29 is 14.7 Å². The highest BCUT2D eigenvalue weighted by atomic mass is 16.4. The number of carboxylic acids is 1. The van der Waals surface area contributed by atoms with Crippen molar-refractivity contribution in [1.82, 2.24) is 14.7 Å². The first-order valence-electron chi connectivity index (χ1n) is 5.15. The summed E-state index contributed by atoms with van der Waals surface area (Å²) in [6, 6.07) is 1.75. The second kappa shape index (κ2) is 4.34. The van der Waals surface area contributed by atoms with Gasteiger partial charge in [0.1, 0.15) is 6.54 Å². The van der Waals surface area contributed by atoms with Crippen molar-refractivity contribution in [3.8, 4) is 0 Å². The molecular weight excluding hydrogens is 210 g/mol. The molecule has 2 rings (SSSR count). The molecule has 1 unspecified atom stereocenters. The lowest BCUT2D eigenvalue weighted by Crippen LogP contribution is -2.32. The molecule has 0 spiro atoms. The van der Waals surface area contributed by atoms with Crippen LogP contribution in [0.4, 0.5) is 0 Å². The fourth-order valence-electron chi connectivity index (χ4n) is 1.82. The van der Waals surface area contributed by atoms with Crippen LogP contribution in [0.25, 0.3) is 0 Å². The Kier molecular flexibility index (Phi) is 2.89. The number of aromatic nitrogens is 2. The number of likely N-dealkylation sites (tertiary alicyclic amines) is 1. The molecule has 1 amide bonds. The second-order valence-electron chi connectivity index (χ2n) is 3.87. The molecule has 86 valence electrons. The number of hydrogen-bond donors (Lipinski definition) is 1. The summed E-state index contributed by atoms with van der Waals surface area (Å²) in [4.78, 5) is 24.1. The number of hydrogen-bond acceptors (Lipinski definition) is 3. The fourth-order valence-corrected chi connectivity index (χ4v) is 1.82.